The molecule has 0 N–H and O–H groups in total. The fourth-order valence-electron chi connectivity index (χ4n) is 1.15. The van der Waals surface area contributed by atoms with E-state index in [9.17, 15) is 23.2 Å². The number of ketones is 2. The van der Waals surface area contributed by atoms with Crippen LogP contribution < -0.4 is 0 Å². The van der Waals surface area contributed by atoms with Crippen molar-refractivity contribution in [2.75, 3.05) is 0 Å². The lowest BCUT2D eigenvalue weighted by Gasteiger charge is -2.64. The maximum Gasteiger partial charge on any atom is 0.159 e. The lowest BCUT2D eigenvalue weighted by Crippen LogP contribution is -2.04. The molecule has 0 atom stereocenters. The Morgan fingerprint density at radius 3 is 1.56 bits per heavy atom. The lowest BCUT2D eigenvalue weighted by atomic mass is 10.1. The highest BCUT2D eigenvalue weighted by Gasteiger charge is 2.07. The summed E-state index contributed by atoms with van der Waals surface area (Å²) in [5, 5.41) is 0. The van der Waals surface area contributed by atoms with Crippen molar-refractivity contribution in [1.82, 2.24) is 0 Å². The molecule has 0 saturated heterocycles. The van der Waals surface area contributed by atoms with Gasteiger partial charge in [-0.25, -0.2) is 0 Å². The summed E-state index contributed by atoms with van der Waals surface area (Å²) in [5.41, 5.74) is 0.0595. The summed E-state index contributed by atoms with van der Waals surface area (Å²) in [4.78, 5) is 21.6. The van der Waals surface area contributed by atoms with Gasteiger partial charge in [-0.2, -0.15) is 0 Å². The molecule has 0 amide bonds. The molecule has 0 aliphatic heterocycles. The first-order chi connectivity index (χ1) is 7.21. The van der Waals surface area contributed by atoms with Crippen molar-refractivity contribution in [3.8, 4) is 0 Å². The van der Waals surface area contributed by atoms with E-state index in [1.165, 1.54) is 19.9 Å². The molecular weight excluding hydrogens is 232 g/mol. The number of benzene rings is 1. The summed E-state index contributed by atoms with van der Waals surface area (Å²) in [7, 11) is -4.67. The third-order valence-corrected chi connectivity index (χ3v) is 2.82. The second-order valence-electron chi connectivity index (χ2n) is 3.31. The zero-order valence-corrected chi connectivity index (χ0v) is 9.50. The van der Waals surface area contributed by atoms with Crippen LogP contribution in [0.1, 0.15) is 34.6 Å². The van der Waals surface area contributed by atoms with Crippen LogP contribution in [0.15, 0.2) is 23.1 Å². The molecule has 0 heterocycles. The first-order valence-electron chi connectivity index (χ1n) is 4.34. The van der Waals surface area contributed by atoms with Crippen molar-refractivity contribution in [3.05, 3.63) is 29.3 Å². The summed E-state index contributed by atoms with van der Waals surface area (Å²) in [6.45, 7) is 2.45. The quantitative estimate of drug-likeness (QED) is 0.748. The van der Waals surface area contributed by atoms with Gasteiger partial charge in [0.2, 0.25) is 0 Å². The minimum atomic E-state index is -4.67. The summed E-state index contributed by atoms with van der Waals surface area (Å²) in [5.74, 6) is -0.819. The maximum atomic E-state index is 11.1. The van der Waals surface area contributed by atoms with Gasteiger partial charge in [0.1, 0.15) is 0 Å². The molecular formula is C10H9O5S-3. The van der Waals surface area contributed by atoms with Crippen LogP contribution in [0.3, 0.4) is 0 Å². The van der Waals surface area contributed by atoms with E-state index >= 15 is 0 Å². The Labute approximate surface area is 94.3 Å². The molecule has 0 fully saturated rings. The molecule has 0 bridgehead atoms. The van der Waals surface area contributed by atoms with Gasteiger partial charge in [-0.1, -0.05) is 0 Å². The average Bonchev–Trinajstić information content (AvgIpc) is 2.15. The van der Waals surface area contributed by atoms with Gasteiger partial charge in [-0.15, -0.1) is 0 Å². The van der Waals surface area contributed by atoms with Gasteiger partial charge in [0.15, 0.2) is 11.6 Å². The predicted octanol–water partition coefficient (Wildman–Crippen LogP) is 1.65. The Kier molecular flexibility index (Phi) is 3.49. The van der Waals surface area contributed by atoms with Crippen molar-refractivity contribution < 1.29 is 23.2 Å². The third-order valence-electron chi connectivity index (χ3n) is 2.01. The zero-order valence-electron chi connectivity index (χ0n) is 8.68. The van der Waals surface area contributed by atoms with Crippen molar-refractivity contribution in [2.24, 2.45) is 0 Å². The molecule has 0 aromatic heterocycles. The third kappa shape index (κ3) is 2.89. The van der Waals surface area contributed by atoms with Gasteiger partial charge >= 0.3 is 0 Å². The van der Waals surface area contributed by atoms with Gasteiger partial charge in [0, 0.05) is 11.1 Å². The van der Waals surface area contributed by atoms with Crippen LogP contribution in [0.25, 0.3) is 0 Å². The highest BCUT2D eigenvalue weighted by atomic mass is 32.3. The van der Waals surface area contributed by atoms with Crippen LogP contribution in [-0.4, -0.2) is 25.2 Å². The van der Waals surface area contributed by atoms with Gasteiger partial charge in [-0.05, 0) is 36.9 Å². The van der Waals surface area contributed by atoms with Gasteiger partial charge in [0.25, 0.3) is 0 Å². The van der Waals surface area contributed by atoms with Crippen LogP contribution in [-0.2, 0) is 0 Å². The number of hydrogen-bond donors (Lipinski definition) is 0. The fourth-order valence-corrected chi connectivity index (χ4v) is 1.69. The predicted molar refractivity (Wildman–Crippen MR) is 54.6 cm³/mol. The zero-order chi connectivity index (χ0) is 12.5. The van der Waals surface area contributed by atoms with Crippen molar-refractivity contribution in [3.63, 3.8) is 0 Å². The fraction of sp³-hybridized carbons (Fsp3) is 0.200. The second-order valence-corrected chi connectivity index (χ2v) is 4.69. The molecule has 6 heteroatoms. The molecule has 5 nitrogen and oxygen atoms in total. The smallest absolute Gasteiger partial charge is 0.159 e. The summed E-state index contributed by atoms with van der Waals surface area (Å²) in [6, 6.07) is 3.20. The summed E-state index contributed by atoms with van der Waals surface area (Å²) < 4.78 is 32.4. The lowest BCUT2D eigenvalue weighted by molar-refractivity contribution is 0.101. The van der Waals surface area contributed by atoms with Gasteiger partial charge in [-0.3, -0.25) is 9.59 Å². The van der Waals surface area contributed by atoms with E-state index in [4.69, 9.17) is 0 Å². The first-order valence-corrected chi connectivity index (χ1v) is 5.75. The van der Waals surface area contributed by atoms with E-state index in [0.717, 1.165) is 12.1 Å². The maximum absolute atomic E-state index is 11.1. The highest BCUT2D eigenvalue weighted by molar-refractivity contribution is 8.19. The number of hydrogen-bond acceptors (Lipinski definition) is 5. The molecule has 0 unspecified atom stereocenters. The standard InChI is InChI=1S/C10H12O5S/c1-6(11)8-3-9(7(2)12)5-10(4-8)16(13,14)15/h3-5,13-15H,1-2H3/p-3. The molecule has 16 heavy (non-hydrogen) atoms. The van der Waals surface area contributed by atoms with Crippen LogP contribution >= 0.6 is 10.9 Å². The highest BCUT2D eigenvalue weighted by Crippen LogP contribution is 2.43. The number of carbonyl (C=O) groups is 2. The van der Waals surface area contributed by atoms with Crippen molar-refractivity contribution in [1.29, 1.82) is 0 Å². The van der Waals surface area contributed by atoms with Crippen LogP contribution in [0.4, 0.5) is 0 Å². The first kappa shape index (κ1) is 12.9. The molecule has 1 rings (SSSR count). The Morgan fingerprint density at radius 2 is 1.31 bits per heavy atom. The van der Waals surface area contributed by atoms with E-state index in [2.05, 4.69) is 0 Å². The van der Waals surface area contributed by atoms with Gasteiger partial charge < -0.3 is 24.5 Å². The van der Waals surface area contributed by atoms with Crippen LogP contribution in [0.5, 0.6) is 0 Å². The number of Topliss-reactive ketones (excluding diaryl/α,β-unsaturated/α-hetero) is 2. The van der Waals surface area contributed by atoms with Gasteiger partial charge in [0.05, 0.1) is 0 Å². The van der Waals surface area contributed by atoms with E-state index < -0.39 is 27.3 Å². The average molecular weight is 241 g/mol. The second kappa shape index (κ2) is 4.34. The number of rotatable bonds is 3. The van der Waals surface area contributed by atoms with Crippen LogP contribution in [0.2, 0.25) is 0 Å². The normalized spacial score (nSPS) is 12.3. The molecule has 1 aromatic carbocycles. The molecule has 0 saturated carbocycles. The Balaban J connectivity index is 3.42. The summed E-state index contributed by atoms with van der Waals surface area (Å²) >= 11 is 0. The van der Waals surface area contributed by atoms with E-state index in [1.54, 1.807) is 0 Å². The van der Waals surface area contributed by atoms with Crippen molar-refractivity contribution in [2.45, 2.75) is 18.7 Å². The summed E-state index contributed by atoms with van der Waals surface area (Å²) in [6.07, 6.45) is 0. The Bertz CT molecular complexity index is 415. The van der Waals surface area contributed by atoms with E-state index in [1.807, 2.05) is 0 Å². The minimum absolute atomic E-state index is 0.0297. The minimum Gasteiger partial charge on any atom is -0.831 e. The molecule has 0 aliphatic carbocycles. The topological polar surface area (TPSA) is 103 Å². The molecule has 88 valence electrons. The molecule has 0 spiro atoms. The largest absolute Gasteiger partial charge is 0.831 e. The molecule has 1 aromatic rings. The SMILES string of the molecule is CC(=O)c1cc(C(C)=O)cc(S([O-])([O-])[O-])c1. The molecule has 0 aliphatic rings. The number of carbonyl (C=O) groups excluding carboxylic acids is 2. The Hall–Kier alpha value is -1.21. The Morgan fingerprint density at radius 1 is 0.938 bits per heavy atom. The monoisotopic (exact) mass is 241 g/mol. The van der Waals surface area contributed by atoms with Crippen LogP contribution in [0, 0.1) is 0 Å². The van der Waals surface area contributed by atoms with E-state index in [-0.39, 0.29) is 11.1 Å². The van der Waals surface area contributed by atoms with E-state index in [0.29, 0.717) is 0 Å². The van der Waals surface area contributed by atoms with Crippen molar-refractivity contribution >= 4 is 22.4 Å². The molecule has 0 radical (unpaired) electrons.